The minimum absolute atomic E-state index is 0.181. The van der Waals surface area contributed by atoms with E-state index in [1.807, 2.05) is 25.1 Å². The number of aryl methyl sites for hydroxylation is 1. The van der Waals surface area contributed by atoms with Gasteiger partial charge in [0.2, 0.25) is 0 Å². The second-order valence-corrected chi connectivity index (χ2v) is 7.61. The van der Waals surface area contributed by atoms with Crippen LogP contribution in [-0.2, 0) is 0 Å². The fourth-order valence-corrected chi connectivity index (χ4v) is 3.70. The zero-order valence-corrected chi connectivity index (χ0v) is 17.0. The molecule has 0 saturated carbocycles. The molecule has 0 aliphatic heterocycles. The predicted octanol–water partition coefficient (Wildman–Crippen LogP) is 6.27. The van der Waals surface area contributed by atoms with Crippen molar-refractivity contribution in [3.05, 3.63) is 67.8 Å². The van der Waals surface area contributed by atoms with Crippen LogP contribution in [0, 0.1) is 6.92 Å². The Hall–Kier alpha value is -1.76. The third-order valence-corrected chi connectivity index (χ3v) is 5.16. The number of carbonyl (C=O) groups is 1. The zero-order valence-electron chi connectivity index (χ0n) is 13.1. The molecule has 1 heterocycles. The van der Waals surface area contributed by atoms with Crippen LogP contribution < -0.4 is 11.1 Å². The van der Waals surface area contributed by atoms with Gasteiger partial charge in [-0.25, -0.2) is 0 Å². The molecule has 3 N–H and O–H groups in total. The van der Waals surface area contributed by atoms with Gasteiger partial charge in [-0.2, -0.15) is 0 Å². The summed E-state index contributed by atoms with van der Waals surface area (Å²) in [6.45, 7) is 1.85. The van der Waals surface area contributed by atoms with Crippen LogP contribution in [0.3, 0.4) is 0 Å². The molecule has 0 fully saturated rings. The van der Waals surface area contributed by atoms with Gasteiger partial charge in [0.1, 0.15) is 5.76 Å². The van der Waals surface area contributed by atoms with Crippen molar-refractivity contribution in [2.24, 2.45) is 0 Å². The van der Waals surface area contributed by atoms with Gasteiger partial charge in [-0.3, -0.25) is 4.79 Å². The van der Waals surface area contributed by atoms with E-state index in [9.17, 15) is 4.79 Å². The Morgan fingerprint density at radius 1 is 1.16 bits per heavy atom. The molecule has 7 heteroatoms. The Bertz CT molecular complexity index is 970. The molecule has 0 unspecified atom stereocenters. The molecule has 2 aromatic carbocycles. The maximum absolute atomic E-state index is 12.4. The van der Waals surface area contributed by atoms with E-state index in [2.05, 4.69) is 37.2 Å². The van der Waals surface area contributed by atoms with Gasteiger partial charge in [0.05, 0.1) is 11.4 Å². The fourth-order valence-electron chi connectivity index (χ4n) is 2.29. The number of nitrogens with one attached hydrogen (secondary N) is 1. The average Bonchev–Trinajstić information content (AvgIpc) is 3.02. The van der Waals surface area contributed by atoms with Gasteiger partial charge in [0, 0.05) is 19.5 Å². The molecule has 25 heavy (non-hydrogen) atoms. The lowest BCUT2D eigenvalue weighted by Crippen LogP contribution is -2.12. The molecule has 3 rings (SSSR count). The molecule has 1 aromatic heterocycles. The summed E-state index contributed by atoms with van der Waals surface area (Å²) in [4.78, 5) is 12.4. The Morgan fingerprint density at radius 2 is 1.92 bits per heavy atom. The molecule has 0 aliphatic carbocycles. The number of furan rings is 1. The van der Waals surface area contributed by atoms with Gasteiger partial charge >= 0.3 is 0 Å². The van der Waals surface area contributed by atoms with Crippen LogP contribution in [0.25, 0.3) is 11.3 Å². The van der Waals surface area contributed by atoms with Crippen LogP contribution in [0.2, 0.25) is 5.02 Å². The molecule has 0 spiro atoms. The zero-order chi connectivity index (χ0) is 18.1. The van der Waals surface area contributed by atoms with Crippen LogP contribution in [0.15, 0.2) is 55.8 Å². The van der Waals surface area contributed by atoms with Crippen LogP contribution >= 0.6 is 43.5 Å². The van der Waals surface area contributed by atoms with E-state index in [1.54, 1.807) is 24.3 Å². The van der Waals surface area contributed by atoms with E-state index in [0.29, 0.717) is 22.2 Å². The Balaban J connectivity index is 1.85. The van der Waals surface area contributed by atoms with Crippen molar-refractivity contribution in [2.45, 2.75) is 6.92 Å². The first-order valence-electron chi connectivity index (χ1n) is 7.27. The summed E-state index contributed by atoms with van der Waals surface area (Å²) in [5.41, 5.74) is 8.51. The van der Waals surface area contributed by atoms with Gasteiger partial charge < -0.3 is 15.5 Å². The molecular formula is C18H13Br2ClN2O2. The summed E-state index contributed by atoms with van der Waals surface area (Å²) in [7, 11) is 0. The largest absolute Gasteiger partial charge is 0.451 e. The van der Waals surface area contributed by atoms with Crippen molar-refractivity contribution in [3.63, 3.8) is 0 Å². The molecule has 3 aromatic rings. The van der Waals surface area contributed by atoms with Gasteiger partial charge in [-0.1, -0.05) is 27.5 Å². The number of hydrogen-bond donors (Lipinski definition) is 2. The minimum Gasteiger partial charge on any atom is -0.451 e. The molecule has 0 radical (unpaired) electrons. The van der Waals surface area contributed by atoms with Crippen molar-refractivity contribution in [3.8, 4) is 11.3 Å². The van der Waals surface area contributed by atoms with Crippen molar-refractivity contribution < 1.29 is 9.21 Å². The lowest BCUT2D eigenvalue weighted by molar-refractivity contribution is 0.0997. The van der Waals surface area contributed by atoms with Crippen LogP contribution in [0.1, 0.15) is 16.1 Å². The van der Waals surface area contributed by atoms with Crippen molar-refractivity contribution in [1.29, 1.82) is 0 Å². The van der Waals surface area contributed by atoms with Crippen molar-refractivity contribution in [1.82, 2.24) is 0 Å². The normalized spacial score (nSPS) is 10.7. The molecule has 0 saturated heterocycles. The summed E-state index contributed by atoms with van der Waals surface area (Å²) < 4.78 is 7.49. The van der Waals surface area contributed by atoms with E-state index in [1.165, 1.54) is 0 Å². The van der Waals surface area contributed by atoms with Gasteiger partial charge in [-0.05, 0) is 70.9 Å². The van der Waals surface area contributed by atoms with E-state index in [0.717, 1.165) is 20.1 Å². The number of amides is 1. The van der Waals surface area contributed by atoms with Crippen LogP contribution in [-0.4, -0.2) is 5.91 Å². The average molecular weight is 485 g/mol. The highest BCUT2D eigenvalue weighted by atomic mass is 79.9. The standard InChI is InChI=1S/C18H13Br2ClN2O2/c1-9-6-14(22)15(8-13(9)21)23-18(24)17-5-4-16(25-17)11-3-2-10(19)7-12(11)20/h2-8H,22H2,1H3,(H,23,24). The van der Waals surface area contributed by atoms with Crippen molar-refractivity contribution in [2.75, 3.05) is 11.1 Å². The predicted molar refractivity (Wildman–Crippen MR) is 108 cm³/mol. The van der Waals surface area contributed by atoms with Gasteiger partial charge in [-0.15, -0.1) is 0 Å². The Kier molecular flexibility index (Phi) is 5.22. The van der Waals surface area contributed by atoms with E-state index in [-0.39, 0.29) is 5.76 Å². The maximum Gasteiger partial charge on any atom is 0.291 e. The molecule has 4 nitrogen and oxygen atoms in total. The Labute approximate surface area is 166 Å². The summed E-state index contributed by atoms with van der Waals surface area (Å²) in [5, 5.41) is 3.25. The Morgan fingerprint density at radius 3 is 2.64 bits per heavy atom. The smallest absolute Gasteiger partial charge is 0.291 e. The first-order valence-corrected chi connectivity index (χ1v) is 9.24. The summed E-state index contributed by atoms with van der Waals surface area (Å²) in [6, 6.07) is 12.4. The lowest BCUT2D eigenvalue weighted by Gasteiger charge is -2.09. The third kappa shape index (κ3) is 3.92. The number of rotatable bonds is 3. The number of carbonyl (C=O) groups excluding carboxylic acids is 1. The first-order chi connectivity index (χ1) is 11.8. The van der Waals surface area contributed by atoms with Crippen LogP contribution in [0.5, 0.6) is 0 Å². The topological polar surface area (TPSA) is 68.3 Å². The fraction of sp³-hybridized carbons (Fsp3) is 0.0556. The number of nitrogen functional groups attached to an aromatic ring is 1. The number of anilines is 2. The minimum atomic E-state index is -0.397. The number of benzene rings is 2. The first kappa shape index (κ1) is 18.0. The molecule has 128 valence electrons. The molecule has 0 bridgehead atoms. The molecule has 1 amide bonds. The quantitative estimate of drug-likeness (QED) is 0.431. The highest BCUT2D eigenvalue weighted by Gasteiger charge is 2.15. The number of hydrogen-bond acceptors (Lipinski definition) is 3. The summed E-state index contributed by atoms with van der Waals surface area (Å²) >= 11 is 13.0. The summed E-state index contributed by atoms with van der Waals surface area (Å²) in [6.07, 6.45) is 0. The van der Waals surface area contributed by atoms with Gasteiger partial charge in [0.15, 0.2) is 5.76 Å². The van der Waals surface area contributed by atoms with Crippen molar-refractivity contribution >= 4 is 60.7 Å². The number of halogens is 3. The van der Waals surface area contributed by atoms with E-state index in [4.69, 9.17) is 21.8 Å². The second-order valence-electron chi connectivity index (χ2n) is 5.43. The number of nitrogens with two attached hydrogens (primary N) is 1. The van der Waals surface area contributed by atoms with E-state index >= 15 is 0 Å². The van der Waals surface area contributed by atoms with Gasteiger partial charge in [0.25, 0.3) is 5.91 Å². The third-order valence-electron chi connectivity index (χ3n) is 3.61. The van der Waals surface area contributed by atoms with E-state index < -0.39 is 5.91 Å². The SMILES string of the molecule is Cc1cc(N)c(NC(=O)c2ccc(-c3ccc(Br)cc3Br)o2)cc1Cl. The molecule has 0 aliphatic rings. The maximum atomic E-state index is 12.4. The highest BCUT2D eigenvalue weighted by molar-refractivity contribution is 9.11. The monoisotopic (exact) mass is 482 g/mol. The lowest BCUT2D eigenvalue weighted by atomic mass is 10.2. The molecular weight excluding hydrogens is 471 g/mol. The van der Waals surface area contributed by atoms with Crippen LogP contribution in [0.4, 0.5) is 11.4 Å². The molecule has 0 atom stereocenters. The second kappa shape index (κ2) is 7.23. The highest BCUT2D eigenvalue weighted by Crippen LogP contribution is 2.32. The summed E-state index contributed by atoms with van der Waals surface area (Å²) in [5.74, 6) is 0.367.